The Kier molecular flexibility index (Phi) is 6.16. The van der Waals surface area contributed by atoms with Gasteiger partial charge < -0.3 is 9.88 Å². The average Bonchev–Trinajstić information content (AvgIpc) is 3.16. The number of rotatable bonds is 6. The number of piperidine rings is 1. The predicted molar refractivity (Wildman–Crippen MR) is 117 cm³/mol. The van der Waals surface area contributed by atoms with Crippen LogP contribution in [0.1, 0.15) is 47.4 Å². The van der Waals surface area contributed by atoms with E-state index in [1.54, 1.807) is 29.6 Å². The van der Waals surface area contributed by atoms with Gasteiger partial charge in [0.15, 0.2) is 11.4 Å². The van der Waals surface area contributed by atoms with E-state index in [-0.39, 0.29) is 29.0 Å². The van der Waals surface area contributed by atoms with Crippen molar-refractivity contribution < 1.29 is 14.0 Å². The highest BCUT2D eigenvalue weighted by Crippen LogP contribution is 2.23. The lowest BCUT2D eigenvalue weighted by Gasteiger charge is -2.31. The van der Waals surface area contributed by atoms with E-state index in [0.29, 0.717) is 73.2 Å². The number of hydrogen-bond donors (Lipinski definition) is 1. The highest BCUT2D eigenvalue weighted by Gasteiger charge is 2.28. The summed E-state index contributed by atoms with van der Waals surface area (Å²) in [5, 5.41) is 4.49. The van der Waals surface area contributed by atoms with Crippen LogP contribution < -0.4 is 5.56 Å². The fourth-order valence-electron chi connectivity index (χ4n) is 4.19. The van der Waals surface area contributed by atoms with Gasteiger partial charge in [-0.2, -0.15) is 5.10 Å². The van der Waals surface area contributed by atoms with Crippen LogP contribution in [0.5, 0.6) is 0 Å². The standard InChI is InChI=1S/C23H26FN5O3/c1-14-12-16(6-7-18(14)24)21(31)15-8-10-29(11-9-15)20(30)5-3-4-19-26-22-17(23(32)27-19)13-25-28(22)2/h6-7,12-13,15H,3-5,8-11H2,1-2H3,(H,26,27,32). The van der Waals surface area contributed by atoms with E-state index in [4.69, 9.17) is 0 Å². The largest absolute Gasteiger partial charge is 0.343 e. The summed E-state index contributed by atoms with van der Waals surface area (Å²) < 4.78 is 15.0. The van der Waals surface area contributed by atoms with Crippen LogP contribution in [0.15, 0.2) is 29.2 Å². The lowest BCUT2D eigenvalue weighted by atomic mass is 9.88. The third kappa shape index (κ3) is 4.46. The Hall–Kier alpha value is -3.36. The molecule has 0 radical (unpaired) electrons. The van der Waals surface area contributed by atoms with E-state index in [0.717, 1.165) is 0 Å². The zero-order valence-electron chi connectivity index (χ0n) is 18.2. The number of Topliss-reactive ketones (excluding diaryl/α,β-unsaturated/α-hetero) is 1. The Balaban J connectivity index is 1.27. The summed E-state index contributed by atoms with van der Waals surface area (Å²) in [5.41, 5.74) is 1.29. The van der Waals surface area contributed by atoms with Gasteiger partial charge in [0.2, 0.25) is 5.91 Å². The molecule has 3 heterocycles. The van der Waals surface area contributed by atoms with Crippen LogP contribution in [-0.4, -0.2) is 49.4 Å². The maximum atomic E-state index is 13.5. The number of likely N-dealkylation sites (tertiary alicyclic amines) is 1. The number of H-pyrrole nitrogens is 1. The quantitative estimate of drug-likeness (QED) is 0.595. The molecule has 1 amide bonds. The molecule has 0 aliphatic carbocycles. The normalized spacial score (nSPS) is 14.8. The van der Waals surface area contributed by atoms with Gasteiger partial charge in [0.25, 0.3) is 5.56 Å². The van der Waals surface area contributed by atoms with Crippen LogP contribution in [0, 0.1) is 18.7 Å². The zero-order chi connectivity index (χ0) is 22.8. The summed E-state index contributed by atoms with van der Waals surface area (Å²) in [7, 11) is 1.73. The molecule has 4 rings (SSSR count). The molecule has 0 saturated carbocycles. The van der Waals surface area contributed by atoms with Gasteiger partial charge in [0, 0.05) is 44.5 Å². The molecule has 1 fully saturated rings. The number of nitrogens with one attached hydrogen (secondary N) is 1. The number of amides is 1. The van der Waals surface area contributed by atoms with E-state index >= 15 is 0 Å². The SMILES string of the molecule is Cc1cc(C(=O)C2CCN(C(=O)CCCc3nc4c(cnn4C)c(=O)[nH]3)CC2)ccc1F. The maximum absolute atomic E-state index is 13.5. The highest BCUT2D eigenvalue weighted by atomic mass is 19.1. The van der Waals surface area contributed by atoms with Gasteiger partial charge >= 0.3 is 0 Å². The summed E-state index contributed by atoms with van der Waals surface area (Å²) in [6.07, 6.45) is 4.10. The van der Waals surface area contributed by atoms with Crippen LogP contribution in [0.2, 0.25) is 0 Å². The molecule has 1 saturated heterocycles. The Bertz CT molecular complexity index is 1220. The number of ketones is 1. The van der Waals surface area contributed by atoms with Crippen molar-refractivity contribution in [2.75, 3.05) is 13.1 Å². The minimum Gasteiger partial charge on any atom is -0.343 e. The number of aromatic amines is 1. The molecule has 32 heavy (non-hydrogen) atoms. The zero-order valence-corrected chi connectivity index (χ0v) is 18.2. The van der Waals surface area contributed by atoms with E-state index < -0.39 is 0 Å². The lowest BCUT2D eigenvalue weighted by Crippen LogP contribution is -2.40. The van der Waals surface area contributed by atoms with Crippen molar-refractivity contribution in [1.29, 1.82) is 0 Å². The van der Waals surface area contributed by atoms with Crippen molar-refractivity contribution >= 4 is 22.7 Å². The van der Waals surface area contributed by atoms with Gasteiger partial charge in [0.05, 0.1) is 6.20 Å². The van der Waals surface area contributed by atoms with Crippen molar-refractivity contribution in [3.8, 4) is 0 Å². The van der Waals surface area contributed by atoms with Crippen molar-refractivity contribution in [1.82, 2.24) is 24.6 Å². The Labute approximate surface area is 184 Å². The number of carbonyl (C=O) groups is 2. The molecule has 8 nitrogen and oxygen atoms in total. The Morgan fingerprint density at radius 2 is 2.00 bits per heavy atom. The summed E-state index contributed by atoms with van der Waals surface area (Å²) in [6, 6.07) is 4.45. The second kappa shape index (κ2) is 9.02. The highest BCUT2D eigenvalue weighted by molar-refractivity contribution is 5.98. The Morgan fingerprint density at radius 3 is 2.72 bits per heavy atom. The first kappa shape index (κ1) is 21.9. The summed E-state index contributed by atoms with van der Waals surface area (Å²) in [6.45, 7) is 2.71. The molecule has 1 N–H and O–H groups in total. The van der Waals surface area contributed by atoms with Crippen LogP contribution in [-0.2, 0) is 18.3 Å². The second-order valence-electron chi connectivity index (χ2n) is 8.35. The molecule has 0 atom stereocenters. The summed E-state index contributed by atoms with van der Waals surface area (Å²) >= 11 is 0. The predicted octanol–water partition coefficient (Wildman–Crippen LogP) is 2.55. The molecular formula is C23H26FN5O3. The fraction of sp³-hybridized carbons (Fsp3) is 0.435. The van der Waals surface area contributed by atoms with E-state index in [9.17, 15) is 18.8 Å². The first-order valence-electron chi connectivity index (χ1n) is 10.8. The number of fused-ring (bicyclic) bond motifs is 1. The number of hydrogen-bond acceptors (Lipinski definition) is 5. The minimum atomic E-state index is -0.318. The van der Waals surface area contributed by atoms with Crippen molar-refractivity contribution in [3.63, 3.8) is 0 Å². The van der Waals surface area contributed by atoms with Gasteiger partial charge in [-0.25, -0.2) is 9.37 Å². The van der Waals surface area contributed by atoms with Crippen molar-refractivity contribution in [2.24, 2.45) is 13.0 Å². The molecule has 1 aliphatic rings. The van der Waals surface area contributed by atoms with Gasteiger partial charge in [-0.1, -0.05) is 0 Å². The van der Waals surface area contributed by atoms with Crippen LogP contribution in [0.25, 0.3) is 11.0 Å². The number of halogens is 1. The first-order valence-corrected chi connectivity index (χ1v) is 10.8. The van der Waals surface area contributed by atoms with Gasteiger partial charge in [-0.05, 0) is 49.9 Å². The molecule has 0 bridgehead atoms. The van der Waals surface area contributed by atoms with Crippen molar-refractivity contribution in [2.45, 2.75) is 39.0 Å². The molecule has 0 spiro atoms. The summed E-state index contributed by atoms with van der Waals surface area (Å²) in [5.74, 6) is 0.126. The third-order valence-corrected chi connectivity index (χ3v) is 6.12. The lowest BCUT2D eigenvalue weighted by molar-refractivity contribution is -0.132. The van der Waals surface area contributed by atoms with Crippen LogP contribution >= 0.6 is 0 Å². The van der Waals surface area contributed by atoms with Gasteiger partial charge in [0.1, 0.15) is 17.0 Å². The number of aromatic nitrogens is 4. The first-order chi connectivity index (χ1) is 15.3. The molecular weight excluding hydrogens is 413 g/mol. The smallest absolute Gasteiger partial charge is 0.262 e. The van der Waals surface area contributed by atoms with E-state index in [1.165, 1.54) is 18.3 Å². The number of benzene rings is 1. The number of nitrogens with zero attached hydrogens (tertiary/aromatic N) is 4. The minimum absolute atomic E-state index is 0.0146. The Morgan fingerprint density at radius 1 is 1.25 bits per heavy atom. The van der Waals surface area contributed by atoms with E-state index in [1.807, 2.05) is 0 Å². The average molecular weight is 439 g/mol. The second-order valence-corrected chi connectivity index (χ2v) is 8.35. The molecule has 1 aromatic carbocycles. The third-order valence-electron chi connectivity index (χ3n) is 6.12. The fourth-order valence-corrected chi connectivity index (χ4v) is 4.19. The number of carbonyl (C=O) groups excluding carboxylic acids is 2. The van der Waals surface area contributed by atoms with Gasteiger partial charge in [-0.15, -0.1) is 0 Å². The van der Waals surface area contributed by atoms with Crippen molar-refractivity contribution in [3.05, 3.63) is 57.5 Å². The summed E-state index contributed by atoms with van der Waals surface area (Å²) in [4.78, 5) is 46.4. The molecule has 2 aromatic heterocycles. The maximum Gasteiger partial charge on any atom is 0.262 e. The molecule has 0 unspecified atom stereocenters. The number of aryl methyl sites for hydroxylation is 3. The molecule has 3 aromatic rings. The monoisotopic (exact) mass is 439 g/mol. The van der Waals surface area contributed by atoms with Gasteiger partial charge in [-0.3, -0.25) is 19.1 Å². The van der Waals surface area contributed by atoms with Crippen LogP contribution in [0.3, 0.4) is 0 Å². The topological polar surface area (TPSA) is 101 Å². The van der Waals surface area contributed by atoms with E-state index in [2.05, 4.69) is 15.1 Å². The molecule has 168 valence electrons. The molecule has 1 aliphatic heterocycles. The molecule has 9 heteroatoms. The van der Waals surface area contributed by atoms with Crippen LogP contribution in [0.4, 0.5) is 4.39 Å².